The summed E-state index contributed by atoms with van der Waals surface area (Å²) in [7, 11) is 4.05. The molecule has 7 rings (SSSR count). The van der Waals surface area contributed by atoms with E-state index in [1.54, 1.807) is 29.3 Å². The van der Waals surface area contributed by atoms with E-state index in [9.17, 15) is 4.79 Å². The van der Waals surface area contributed by atoms with Crippen LogP contribution in [0, 0.1) is 0 Å². The van der Waals surface area contributed by atoms with Crippen molar-refractivity contribution >= 4 is 34.2 Å². The molecule has 13 heteroatoms. The Balaban J connectivity index is 1.17. The fraction of sp³-hybridized carbons (Fsp3) is 0.303. The summed E-state index contributed by atoms with van der Waals surface area (Å²) in [6.07, 6.45) is 3.23. The van der Waals surface area contributed by atoms with Crippen molar-refractivity contribution in [1.29, 1.82) is 0 Å². The number of nitrogens with zero attached hydrogens (tertiary/aromatic N) is 9. The second kappa shape index (κ2) is 11.8. The predicted octanol–water partition coefficient (Wildman–Crippen LogP) is 3.37. The monoisotopic (exact) mass is 620 g/mol. The number of benzene rings is 2. The van der Waals surface area contributed by atoms with Crippen LogP contribution in [-0.4, -0.2) is 98.5 Å². The van der Waals surface area contributed by atoms with Gasteiger partial charge in [0, 0.05) is 38.4 Å². The van der Waals surface area contributed by atoms with Gasteiger partial charge < -0.3 is 29.6 Å². The van der Waals surface area contributed by atoms with E-state index in [2.05, 4.69) is 37.0 Å². The Bertz CT molecular complexity index is 1960. The number of likely N-dealkylation sites (N-methyl/N-ethyl adjacent to an activating group) is 1. The summed E-state index contributed by atoms with van der Waals surface area (Å²) in [5.74, 6) is 1.78. The first kappa shape index (κ1) is 29.3. The lowest BCUT2D eigenvalue weighted by Crippen LogP contribution is -2.56. The van der Waals surface area contributed by atoms with Crippen molar-refractivity contribution in [2.45, 2.75) is 12.5 Å². The molecule has 1 fully saturated rings. The third-order valence-electron chi connectivity index (χ3n) is 8.52. The van der Waals surface area contributed by atoms with Gasteiger partial charge in [0.1, 0.15) is 12.4 Å². The zero-order valence-corrected chi connectivity index (χ0v) is 26.1. The first-order chi connectivity index (χ1) is 22.3. The van der Waals surface area contributed by atoms with Crippen molar-refractivity contribution in [2.24, 2.45) is 0 Å². The summed E-state index contributed by atoms with van der Waals surface area (Å²) in [4.78, 5) is 30.3. The molecule has 1 amide bonds. The number of rotatable bonds is 9. The molecular weight excluding hydrogens is 584 g/mol. The molecule has 0 unspecified atom stereocenters. The van der Waals surface area contributed by atoms with E-state index >= 15 is 0 Å². The molecule has 0 saturated carbocycles. The standard InChI is InChI=1S/C33H36N10O3/c1-33(23-8-5-4-6-9-23,31(44)41-17-15-40(16-18-41)24-11-13-25(14-12-24)45-21-19-39(2)3)43-30-26(22-35-43)29-36-28(27-10-7-20-46-27)38-42(29)32(34)37-30/h4-14,20,22H,15-19,21H2,1-3H3,(H2,34,37)/t33-/m0/s1. The quantitative estimate of drug-likeness (QED) is 0.256. The minimum absolute atomic E-state index is 0.0778. The Morgan fingerprint density at radius 1 is 0.978 bits per heavy atom. The summed E-state index contributed by atoms with van der Waals surface area (Å²) >= 11 is 0. The number of ether oxygens (including phenoxy) is 1. The average Bonchev–Trinajstić information content (AvgIpc) is 3.85. The van der Waals surface area contributed by atoms with E-state index < -0.39 is 5.54 Å². The number of carbonyl (C=O) groups excluding carboxylic acids is 1. The first-order valence-electron chi connectivity index (χ1n) is 15.2. The fourth-order valence-corrected chi connectivity index (χ4v) is 5.92. The SMILES string of the molecule is CN(C)CCOc1ccc(N2CCN(C(=O)[C@](C)(c3ccccc3)n3ncc4c3nc(N)n3nc(-c5ccco5)nc43)CC2)cc1. The Hall–Kier alpha value is -5.43. The van der Waals surface area contributed by atoms with Crippen LogP contribution in [0.15, 0.2) is 83.6 Å². The molecule has 13 nitrogen and oxygen atoms in total. The van der Waals surface area contributed by atoms with Gasteiger partial charge in [-0.2, -0.15) is 14.6 Å². The number of hydrogen-bond donors (Lipinski definition) is 1. The minimum atomic E-state index is -1.21. The average molecular weight is 621 g/mol. The van der Waals surface area contributed by atoms with E-state index in [4.69, 9.17) is 20.0 Å². The number of piperazine rings is 1. The van der Waals surface area contributed by atoms with Crippen LogP contribution in [-0.2, 0) is 10.3 Å². The van der Waals surface area contributed by atoms with Crippen molar-refractivity contribution in [3.05, 3.63) is 84.8 Å². The van der Waals surface area contributed by atoms with Gasteiger partial charge in [-0.05, 0) is 63.0 Å². The number of furan rings is 1. The molecule has 6 aromatic rings. The van der Waals surface area contributed by atoms with Crippen LogP contribution in [0.5, 0.6) is 5.75 Å². The highest BCUT2D eigenvalue weighted by Crippen LogP contribution is 2.33. The van der Waals surface area contributed by atoms with E-state index in [0.717, 1.165) is 23.5 Å². The van der Waals surface area contributed by atoms with Crippen LogP contribution in [0.1, 0.15) is 12.5 Å². The number of hydrogen-bond acceptors (Lipinski definition) is 10. The van der Waals surface area contributed by atoms with Crippen LogP contribution in [0.3, 0.4) is 0 Å². The number of carbonyl (C=O) groups is 1. The normalized spacial score (nSPS) is 15.1. The van der Waals surface area contributed by atoms with Crippen LogP contribution in [0.2, 0.25) is 0 Å². The molecule has 0 bridgehead atoms. The first-order valence-corrected chi connectivity index (χ1v) is 15.2. The molecule has 0 aliphatic carbocycles. The topological polar surface area (TPSA) is 136 Å². The van der Waals surface area contributed by atoms with E-state index in [-0.39, 0.29) is 11.9 Å². The summed E-state index contributed by atoms with van der Waals surface area (Å²) < 4.78 is 14.5. The summed E-state index contributed by atoms with van der Waals surface area (Å²) in [6.45, 7) is 5.87. The van der Waals surface area contributed by atoms with Crippen molar-refractivity contribution in [3.63, 3.8) is 0 Å². The van der Waals surface area contributed by atoms with Crippen molar-refractivity contribution in [1.82, 2.24) is 39.2 Å². The van der Waals surface area contributed by atoms with Gasteiger partial charge in [-0.15, -0.1) is 5.10 Å². The molecular formula is C33H36N10O3. The largest absolute Gasteiger partial charge is 0.492 e. The fourth-order valence-electron chi connectivity index (χ4n) is 5.92. The number of amides is 1. The van der Waals surface area contributed by atoms with Crippen LogP contribution < -0.4 is 15.4 Å². The zero-order chi connectivity index (χ0) is 31.8. The van der Waals surface area contributed by atoms with Gasteiger partial charge in [0.15, 0.2) is 22.6 Å². The van der Waals surface area contributed by atoms with Crippen LogP contribution in [0.25, 0.3) is 28.3 Å². The van der Waals surface area contributed by atoms with E-state index in [1.807, 2.05) is 68.4 Å². The number of nitrogen functional groups attached to an aromatic ring is 1. The third kappa shape index (κ3) is 5.17. The molecule has 0 radical (unpaired) electrons. The van der Waals surface area contributed by atoms with Gasteiger partial charge in [0.05, 0.1) is 17.8 Å². The van der Waals surface area contributed by atoms with Crippen LogP contribution in [0.4, 0.5) is 11.6 Å². The molecule has 1 aliphatic heterocycles. The molecule has 2 aromatic carbocycles. The number of nitrogens with two attached hydrogens (primary N) is 1. The highest BCUT2D eigenvalue weighted by atomic mass is 16.5. The Morgan fingerprint density at radius 3 is 2.43 bits per heavy atom. The molecule has 1 atom stereocenters. The molecule has 1 aliphatic rings. The van der Waals surface area contributed by atoms with Crippen LogP contribution >= 0.6 is 0 Å². The maximum absolute atomic E-state index is 14.6. The van der Waals surface area contributed by atoms with Crippen molar-refractivity contribution in [2.75, 3.05) is 64.1 Å². The van der Waals surface area contributed by atoms with Crippen molar-refractivity contribution < 1.29 is 13.9 Å². The minimum Gasteiger partial charge on any atom is -0.492 e. The third-order valence-corrected chi connectivity index (χ3v) is 8.52. The molecule has 0 spiro atoms. The zero-order valence-electron chi connectivity index (χ0n) is 26.1. The maximum atomic E-state index is 14.6. The second-order valence-corrected chi connectivity index (χ2v) is 11.8. The summed E-state index contributed by atoms with van der Waals surface area (Å²) in [5.41, 5.74) is 7.99. The number of aromatic nitrogens is 6. The van der Waals surface area contributed by atoms with Gasteiger partial charge in [-0.1, -0.05) is 30.3 Å². The molecule has 1 saturated heterocycles. The Labute approximate surface area is 265 Å². The Kier molecular flexibility index (Phi) is 7.53. The number of anilines is 2. The van der Waals surface area contributed by atoms with E-state index in [0.29, 0.717) is 61.1 Å². The summed E-state index contributed by atoms with van der Waals surface area (Å²) in [5, 5.41) is 9.86. The smallest absolute Gasteiger partial charge is 0.255 e. The lowest BCUT2D eigenvalue weighted by atomic mass is 9.90. The molecule has 2 N–H and O–H groups in total. The molecule has 236 valence electrons. The Morgan fingerprint density at radius 2 is 1.74 bits per heavy atom. The van der Waals surface area contributed by atoms with Crippen molar-refractivity contribution in [3.8, 4) is 17.3 Å². The predicted molar refractivity (Wildman–Crippen MR) is 175 cm³/mol. The highest BCUT2D eigenvalue weighted by molar-refractivity contribution is 5.94. The van der Waals surface area contributed by atoms with Gasteiger partial charge in [-0.25, -0.2) is 9.67 Å². The molecule has 46 heavy (non-hydrogen) atoms. The van der Waals surface area contributed by atoms with Gasteiger partial charge in [0.2, 0.25) is 11.8 Å². The second-order valence-electron chi connectivity index (χ2n) is 11.8. The maximum Gasteiger partial charge on any atom is 0.255 e. The lowest BCUT2D eigenvalue weighted by molar-refractivity contribution is -0.138. The molecule has 5 heterocycles. The summed E-state index contributed by atoms with van der Waals surface area (Å²) in [6, 6.07) is 21.4. The van der Waals surface area contributed by atoms with E-state index in [1.165, 1.54) is 4.52 Å². The lowest BCUT2D eigenvalue weighted by Gasteiger charge is -2.40. The highest BCUT2D eigenvalue weighted by Gasteiger charge is 2.43. The van der Waals surface area contributed by atoms with Gasteiger partial charge in [-0.3, -0.25) is 4.79 Å². The molecule has 4 aromatic heterocycles. The van der Waals surface area contributed by atoms with Gasteiger partial charge in [0.25, 0.3) is 5.91 Å². The van der Waals surface area contributed by atoms with Gasteiger partial charge >= 0.3 is 0 Å². The number of fused-ring (bicyclic) bond motifs is 3.